The van der Waals surface area contributed by atoms with Crippen LogP contribution in [0, 0.1) is 0 Å². The monoisotopic (exact) mass is 709 g/mol. The molecule has 0 saturated heterocycles. The molecule has 4 aromatic rings. The Morgan fingerprint density at radius 1 is 0.788 bits per heavy atom. The van der Waals surface area contributed by atoms with E-state index in [1.807, 2.05) is 95.3 Å². The molecule has 0 aliphatic carbocycles. The number of nitrogens with one attached hydrogen (secondary N) is 1. The summed E-state index contributed by atoms with van der Waals surface area (Å²) in [6.45, 7) is 18.7. The molecule has 1 N–H and O–H groups in total. The van der Waals surface area contributed by atoms with Gasteiger partial charge in [0.05, 0.1) is 19.3 Å². The predicted octanol–water partition coefficient (Wildman–Crippen LogP) is 10.2. The number of benzene rings is 3. The molecule has 0 fully saturated rings. The highest BCUT2D eigenvalue weighted by Gasteiger charge is 2.28. The van der Waals surface area contributed by atoms with Crippen LogP contribution in [0.3, 0.4) is 0 Å². The normalized spacial score (nSPS) is 11.9. The van der Waals surface area contributed by atoms with Crippen LogP contribution in [0.5, 0.6) is 11.6 Å². The first-order valence-corrected chi connectivity index (χ1v) is 18.6. The average Bonchev–Trinajstić information content (AvgIpc) is 3.13. The van der Waals surface area contributed by atoms with Gasteiger partial charge in [-0.2, -0.15) is 4.98 Å². The number of ether oxygens (including phenoxy) is 3. The SMILES string of the molecule is CC.CCCCCCCOc1ccc(-c2cnc(-c3ccc(CC(NC(=O)c4ccc(C(C)(C)C)cc4)C(=O)OC(C)(C)C)cc3)nc2OC)cc1. The van der Waals surface area contributed by atoms with Gasteiger partial charge in [-0.3, -0.25) is 4.79 Å². The summed E-state index contributed by atoms with van der Waals surface area (Å²) in [5.41, 5.74) is 4.21. The van der Waals surface area contributed by atoms with Crippen molar-refractivity contribution in [2.75, 3.05) is 13.7 Å². The molecule has 0 spiro atoms. The molecule has 0 bridgehead atoms. The summed E-state index contributed by atoms with van der Waals surface area (Å²) in [7, 11) is 1.60. The van der Waals surface area contributed by atoms with Gasteiger partial charge in [-0.1, -0.05) is 116 Å². The van der Waals surface area contributed by atoms with Crippen LogP contribution < -0.4 is 14.8 Å². The number of aromatic nitrogens is 2. The number of nitrogens with zero attached hydrogens (tertiary/aromatic N) is 2. The minimum atomic E-state index is -0.881. The van der Waals surface area contributed by atoms with Crippen LogP contribution in [0.15, 0.2) is 79.0 Å². The third kappa shape index (κ3) is 12.8. The van der Waals surface area contributed by atoms with Crippen LogP contribution >= 0.6 is 0 Å². The molecule has 1 atom stereocenters. The lowest BCUT2D eigenvalue weighted by atomic mass is 9.86. The van der Waals surface area contributed by atoms with E-state index in [-0.39, 0.29) is 17.7 Å². The summed E-state index contributed by atoms with van der Waals surface area (Å²) in [6, 6.07) is 22.1. The van der Waals surface area contributed by atoms with Gasteiger partial charge < -0.3 is 19.5 Å². The van der Waals surface area contributed by atoms with E-state index in [2.05, 4.69) is 38.0 Å². The van der Waals surface area contributed by atoms with Gasteiger partial charge in [-0.05, 0) is 73.6 Å². The van der Waals surface area contributed by atoms with Crippen molar-refractivity contribution >= 4 is 11.9 Å². The second-order valence-electron chi connectivity index (χ2n) is 14.7. The van der Waals surface area contributed by atoms with Gasteiger partial charge in [0.1, 0.15) is 17.4 Å². The van der Waals surface area contributed by atoms with Crippen LogP contribution in [0.4, 0.5) is 0 Å². The lowest BCUT2D eigenvalue weighted by molar-refractivity contribution is -0.157. The smallest absolute Gasteiger partial charge is 0.329 e. The predicted molar refractivity (Wildman–Crippen MR) is 211 cm³/mol. The Hall–Kier alpha value is -4.72. The number of carbonyl (C=O) groups excluding carboxylic acids is 2. The van der Waals surface area contributed by atoms with Crippen molar-refractivity contribution in [3.05, 3.63) is 95.7 Å². The highest BCUT2D eigenvalue weighted by Crippen LogP contribution is 2.31. The van der Waals surface area contributed by atoms with E-state index in [0.29, 0.717) is 23.9 Å². The Balaban J connectivity index is 0.00000358. The number of rotatable bonds is 15. The van der Waals surface area contributed by atoms with Gasteiger partial charge in [-0.25, -0.2) is 9.78 Å². The molecular formula is C44H59N3O5. The molecule has 1 unspecified atom stereocenters. The minimum Gasteiger partial charge on any atom is -0.494 e. The maximum Gasteiger partial charge on any atom is 0.329 e. The molecule has 0 aliphatic heterocycles. The third-order valence-corrected chi connectivity index (χ3v) is 8.29. The van der Waals surface area contributed by atoms with E-state index < -0.39 is 17.6 Å². The van der Waals surface area contributed by atoms with E-state index >= 15 is 0 Å². The second kappa shape index (κ2) is 19.8. The molecular weight excluding hydrogens is 651 g/mol. The summed E-state index contributed by atoms with van der Waals surface area (Å²) in [6.07, 6.45) is 8.02. The lowest BCUT2D eigenvalue weighted by Gasteiger charge is -2.25. The first-order chi connectivity index (χ1) is 24.8. The quantitative estimate of drug-likeness (QED) is 0.0969. The number of amides is 1. The van der Waals surface area contributed by atoms with Crippen molar-refractivity contribution < 1.29 is 23.8 Å². The molecule has 1 amide bonds. The molecule has 0 saturated carbocycles. The molecule has 1 aromatic heterocycles. The van der Waals surface area contributed by atoms with Crippen molar-refractivity contribution in [2.24, 2.45) is 0 Å². The largest absolute Gasteiger partial charge is 0.494 e. The number of unbranched alkanes of at least 4 members (excludes halogenated alkanes) is 4. The molecule has 4 rings (SSSR count). The molecule has 0 aliphatic rings. The van der Waals surface area contributed by atoms with E-state index in [4.69, 9.17) is 19.2 Å². The van der Waals surface area contributed by atoms with Crippen LogP contribution in [0.2, 0.25) is 0 Å². The Kier molecular flexibility index (Phi) is 15.9. The Morgan fingerprint density at radius 2 is 1.40 bits per heavy atom. The van der Waals surface area contributed by atoms with Gasteiger partial charge in [0.25, 0.3) is 5.91 Å². The van der Waals surface area contributed by atoms with Gasteiger partial charge in [0.15, 0.2) is 5.82 Å². The maximum atomic E-state index is 13.3. The first kappa shape index (κ1) is 41.7. The zero-order valence-corrected chi connectivity index (χ0v) is 33.0. The van der Waals surface area contributed by atoms with Crippen LogP contribution in [0.1, 0.15) is 116 Å². The third-order valence-electron chi connectivity index (χ3n) is 8.29. The summed E-state index contributed by atoms with van der Waals surface area (Å²) in [5.74, 6) is 0.984. The zero-order chi connectivity index (χ0) is 38.3. The summed E-state index contributed by atoms with van der Waals surface area (Å²) in [4.78, 5) is 35.9. The first-order valence-electron chi connectivity index (χ1n) is 18.6. The standard InChI is InChI=1S/C42H53N3O5.C2H6/c1-9-10-11-12-13-26-49-34-24-20-30(21-25-34)35-28-43-37(45-39(35)48-8)31-16-14-29(15-17-31)27-36(40(47)50-42(5,6)7)44-38(46)32-18-22-33(23-19-32)41(2,3)4;1-2/h14-25,28,36H,9-13,26-27H2,1-8H3,(H,44,46);1-2H3. The summed E-state index contributed by atoms with van der Waals surface area (Å²) < 4.78 is 17.3. The molecule has 280 valence electrons. The Labute approximate surface area is 311 Å². The highest BCUT2D eigenvalue weighted by molar-refractivity contribution is 5.97. The van der Waals surface area contributed by atoms with E-state index in [0.717, 1.165) is 40.0 Å². The molecule has 0 radical (unpaired) electrons. The minimum absolute atomic E-state index is 0.0346. The molecule has 3 aromatic carbocycles. The van der Waals surface area contributed by atoms with Crippen LogP contribution in [0.25, 0.3) is 22.5 Å². The van der Waals surface area contributed by atoms with Gasteiger partial charge in [0, 0.05) is 23.7 Å². The van der Waals surface area contributed by atoms with Crippen molar-refractivity contribution in [3.8, 4) is 34.1 Å². The van der Waals surface area contributed by atoms with Crippen molar-refractivity contribution in [3.63, 3.8) is 0 Å². The molecule has 8 heteroatoms. The van der Waals surface area contributed by atoms with Gasteiger partial charge in [0.2, 0.25) is 5.88 Å². The second-order valence-corrected chi connectivity index (χ2v) is 14.7. The van der Waals surface area contributed by atoms with E-state index in [1.165, 1.54) is 25.7 Å². The Bertz CT molecular complexity index is 1690. The van der Waals surface area contributed by atoms with E-state index in [9.17, 15) is 9.59 Å². The van der Waals surface area contributed by atoms with Crippen molar-refractivity contribution in [1.29, 1.82) is 0 Å². The molecule has 8 nitrogen and oxygen atoms in total. The fraction of sp³-hybridized carbons (Fsp3) is 0.455. The van der Waals surface area contributed by atoms with Crippen molar-refractivity contribution in [1.82, 2.24) is 15.3 Å². The Morgan fingerprint density at radius 3 is 1.98 bits per heavy atom. The summed E-state index contributed by atoms with van der Waals surface area (Å²) >= 11 is 0. The summed E-state index contributed by atoms with van der Waals surface area (Å²) in [5, 5.41) is 2.91. The van der Waals surface area contributed by atoms with Crippen LogP contribution in [-0.4, -0.2) is 47.2 Å². The number of hydrogen-bond donors (Lipinski definition) is 1. The number of hydrogen-bond acceptors (Lipinski definition) is 7. The zero-order valence-electron chi connectivity index (χ0n) is 33.0. The molecule has 1 heterocycles. The maximum absolute atomic E-state index is 13.3. The number of methoxy groups -OCH3 is 1. The molecule has 52 heavy (non-hydrogen) atoms. The topological polar surface area (TPSA) is 99.6 Å². The number of carbonyl (C=O) groups is 2. The highest BCUT2D eigenvalue weighted by atomic mass is 16.6. The fourth-order valence-corrected chi connectivity index (χ4v) is 5.44. The van der Waals surface area contributed by atoms with Crippen molar-refractivity contribution in [2.45, 2.75) is 118 Å². The van der Waals surface area contributed by atoms with Crippen LogP contribution in [-0.2, 0) is 21.4 Å². The number of esters is 1. The van der Waals surface area contributed by atoms with E-state index in [1.54, 1.807) is 25.4 Å². The van der Waals surface area contributed by atoms with Gasteiger partial charge in [-0.15, -0.1) is 0 Å². The lowest BCUT2D eigenvalue weighted by Crippen LogP contribution is -2.45. The van der Waals surface area contributed by atoms with Gasteiger partial charge >= 0.3 is 5.97 Å². The average molecular weight is 710 g/mol. The fourth-order valence-electron chi connectivity index (χ4n) is 5.44.